The van der Waals surface area contributed by atoms with Crippen molar-refractivity contribution >= 4 is 34.1 Å². The van der Waals surface area contributed by atoms with Gasteiger partial charge in [-0.15, -0.1) is 0 Å². The van der Waals surface area contributed by atoms with Crippen LogP contribution in [-0.4, -0.2) is 16.7 Å². The van der Waals surface area contributed by atoms with Crippen LogP contribution in [0.25, 0.3) is 16.6 Å². The normalized spacial score (nSPS) is 10.8. The smallest absolute Gasteiger partial charge is 0.267 e. The molecule has 4 aromatic rings. The first-order chi connectivity index (χ1) is 13.6. The number of hydrogen-bond donors (Lipinski definition) is 1. The minimum atomic E-state index is -0.427. The van der Waals surface area contributed by atoms with Crippen LogP contribution in [0.15, 0.2) is 71.5 Å². The number of para-hydroxylation sites is 1. The maximum Gasteiger partial charge on any atom is 0.267 e. The first kappa shape index (κ1) is 18.0. The number of rotatable bonds is 4. The van der Waals surface area contributed by atoms with Gasteiger partial charge in [-0.3, -0.25) is 4.79 Å². The van der Waals surface area contributed by atoms with Gasteiger partial charge >= 0.3 is 0 Å². The van der Waals surface area contributed by atoms with Gasteiger partial charge in [0.05, 0.1) is 29.4 Å². The molecular formula is C21H15ClFN3O2. The largest absolute Gasteiger partial charge is 0.494 e. The SMILES string of the molecule is COc1cc(F)ccc1Nc1nc2ccc(Cl)cc2c(=O)n1-c1ccccc1. The number of anilines is 2. The van der Waals surface area contributed by atoms with Crippen molar-refractivity contribution in [3.63, 3.8) is 0 Å². The summed E-state index contributed by atoms with van der Waals surface area (Å²) in [5.74, 6) is 0.143. The molecule has 7 heteroatoms. The quantitative estimate of drug-likeness (QED) is 0.532. The van der Waals surface area contributed by atoms with E-state index in [0.717, 1.165) is 0 Å². The van der Waals surface area contributed by atoms with E-state index in [1.807, 2.05) is 18.2 Å². The predicted octanol–water partition coefficient (Wildman–Crippen LogP) is 4.93. The second-order valence-corrected chi connectivity index (χ2v) is 6.48. The second-order valence-electron chi connectivity index (χ2n) is 6.04. The van der Waals surface area contributed by atoms with Crippen LogP contribution in [0.1, 0.15) is 0 Å². The third-order valence-corrected chi connectivity index (χ3v) is 4.49. The van der Waals surface area contributed by atoms with Gasteiger partial charge in [0.2, 0.25) is 5.95 Å². The van der Waals surface area contributed by atoms with E-state index in [0.29, 0.717) is 33.0 Å². The Morgan fingerprint density at radius 1 is 1.07 bits per heavy atom. The topological polar surface area (TPSA) is 56.1 Å². The third kappa shape index (κ3) is 3.30. The Balaban J connectivity index is 1.97. The molecule has 1 N–H and O–H groups in total. The van der Waals surface area contributed by atoms with Crippen LogP contribution in [0.3, 0.4) is 0 Å². The average molecular weight is 396 g/mol. The number of benzene rings is 3. The molecule has 0 aliphatic rings. The van der Waals surface area contributed by atoms with Gasteiger partial charge in [0, 0.05) is 11.1 Å². The summed E-state index contributed by atoms with van der Waals surface area (Å²) in [4.78, 5) is 17.8. The highest BCUT2D eigenvalue weighted by Crippen LogP contribution is 2.29. The van der Waals surface area contributed by atoms with Crippen molar-refractivity contribution in [3.8, 4) is 11.4 Å². The van der Waals surface area contributed by atoms with E-state index in [1.54, 1.807) is 30.3 Å². The van der Waals surface area contributed by atoms with Crippen LogP contribution in [0.5, 0.6) is 5.75 Å². The molecule has 3 aromatic carbocycles. The summed E-state index contributed by atoms with van der Waals surface area (Å²) in [7, 11) is 1.44. The highest BCUT2D eigenvalue weighted by molar-refractivity contribution is 6.31. The lowest BCUT2D eigenvalue weighted by molar-refractivity contribution is 0.413. The number of hydrogen-bond acceptors (Lipinski definition) is 4. The molecule has 0 saturated carbocycles. The number of aromatic nitrogens is 2. The molecule has 0 radical (unpaired) electrons. The number of fused-ring (bicyclic) bond motifs is 1. The molecule has 1 heterocycles. The van der Waals surface area contributed by atoms with Gasteiger partial charge in [-0.2, -0.15) is 0 Å². The Hall–Kier alpha value is -3.38. The number of ether oxygens (including phenoxy) is 1. The molecule has 28 heavy (non-hydrogen) atoms. The third-order valence-electron chi connectivity index (χ3n) is 4.25. The zero-order valence-electron chi connectivity index (χ0n) is 14.8. The fourth-order valence-corrected chi connectivity index (χ4v) is 3.12. The molecule has 1 aromatic heterocycles. The van der Waals surface area contributed by atoms with Crippen molar-refractivity contribution in [1.29, 1.82) is 0 Å². The van der Waals surface area contributed by atoms with Crippen molar-refractivity contribution in [3.05, 3.63) is 87.9 Å². The predicted molar refractivity (Wildman–Crippen MR) is 109 cm³/mol. The number of methoxy groups -OCH3 is 1. The second kappa shape index (κ2) is 7.32. The Bertz CT molecular complexity index is 1230. The maximum absolute atomic E-state index is 13.5. The summed E-state index contributed by atoms with van der Waals surface area (Å²) in [6.07, 6.45) is 0. The summed E-state index contributed by atoms with van der Waals surface area (Å²) in [6.45, 7) is 0. The van der Waals surface area contributed by atoms with E-state index in [4.69, 9.17) is 16.3 Å². The molecule has 5 nitrogen and oxygen atoms in total. The standard InChI is InChI=1S/C21H15ClFN3O2/c1-28-19-12-14(23)8-10-18(19)25-21-24-17-9-7-13(22)11-16(17)20(27)26(21)15-5-3-2-4-6-15/h2-12H,1H3,(H,24,25). The molecular weight excluding hydrogens is 381 g/mol. The van der Waals surface area contributed by atoms with Crippen LogP contribution in [0.2, 0.25) is 5.02 Å². The summed E-state index contributed by atoms with van der Waals surface area (Å²) >= 11 is 6.07. The molecule has 0 unspecified atom stereocenters. The van der Waals surface area contributed by atoms with E-state index < -0.39 is 5.82 Å². The van der Waals surface area contributed by atoms with Crippen molar-refractivity contribution in [2.75, 3.05) is 12.4 Å². The Morgan fingerprint density at radius 2 is 1.86 bits per heavy atom. The Labute approximate surface area is 165 Å². The van der Waals surface area contributed by atoms with Crippen LogP contribution in [0, 0.1) is 5.82 Å². The molecule has 0 fully saturated rings. The zero-order chi connectivity index (χ0) is 19.7. The number of halogens is 2. The van der Waals surface area contributed by atoms with Crippen molar-refractivity contribution in [2.45, 2.75) is 0 Å². The highest BCUT2D eigenvalue weighted by atomic mass is 35.5. The minimum Gasteiger partial charge on any atom is -0.494 e. The number of nitrogens with zero attached hydrogens (tertiary/aromatic N) is 2. The van der Waals surface area contributed by atoms with E-state index in [9.17, 15) is 9.18 Å². The molecule has 0 bridgehead atoms. The fourth-order valence-electron chi connectivity index (χ4n) is 2.95. The lowest BCUT2D eigenvalue weighted by Crippen LogP contribution is -2.22. The molecule has 140 valence electrons. The van der Waals surface area contributed by atoms with Gasteiger partial charge in [0.15, 0.2) is 0 Å². The van der Waals surface area contributed by atoms with E-state index >= 15 is 0 Å². The Morgan fingerprint density at radius 3 is 2.61 bits per heavy atom. The molecule has 0 amide bonds. The van der Waals surface area contributed by atoms with Crippen LogP contribution in [-0.2, 0) is 0 Å². The maximum atomic E-state index is 13.5. The lowest BCUT2D eigenvalue weighted by Gasteiger charge is -2.16. The first-order valence-electron chi connectivity index (χ1n) is 8.45. The molecule has 0 saturated heterocycles. The molecule has 0 atom stereocenters. The summed E-state index contributed by atoms with van der Waals surface area (Å²) in [5, 5.41) is 3.94. The summed E-state index contributed by atoms with van der Waals surface area (Å²) < 4.78 is 20.2. The van der Waals surface area contributed by atoms with Gasteiger partial charge in [-0.1, -0.05) is 29.8 Å². The summed E-state index contributed by atoms with van der Waals surface area (Å²) in [5.41, 5.74) is 1.33. The lowest BCUT2D eigenvalue weighted by atomic mass is 10.2. The average Bonchev–Trinajstić information content (AvgIpc) is 2.71. The highest BCUT2D eigenvalue weighted by Gasteiger charge is 2.15. The van der Waals surface area contributed by atoms with Gasteiger partial charge in [-0.05, 0) is 42.5 Å². The van der Waals surface area contributed by atoms with Crippen molar-refractivity contribution < 1.29 is 9.13 Å². The number of nitrogens with one attached hydrogen (secondary N) is 1. The van der Waals surface area contributed by atoms with Crippen molar-refractivity contribution in [1.82, 2.24) is 9.55 Å². The monoisotopic (exact) mass is 395 g/mol. The molecule has 0 aliphatic heterocycles. The van der Waals surface area contributed by atoms with Crippen LogP contribution >= 0.6 is 11.6 Å². The van der Waals surface area contributed by atoms with Gasteiger partial charge < -0.3 is 10.1 Å². The van der Waals surface area contributed by atoms with Gasteiger partial charge in [0.1, 0.15) is 11.6 Å². The molecule has 4 rings (SSSR count). The zero-order valence-corrected chi connectivity index (χ0v) is 15.6. The van der Waals surface area contributed by atoms with E-state index in [-0.39, 0.29) is 11.5 Å². The van der Waals surface area contributed by atoms with E-state index in [1.165, 1.54) is 29.9 Å². The summed E-state index contributed by atoms with van der Waals surface area (Å²) in [6, 6.07) is 18.1. The molecule has 0 spiro atoms. The molecule has 0 aliphatic carbocycles. The van der Waals surface area contributed by atoms with Gasteiger partial charge in [0.25, 0.3) is 5.56 Å². The minimum absolute atomic E-state index is 0.274. The van der Waals surface area contributed by atoms with Crippen LogP contribution in [0.4, 0.5) is 16.0 Å². The van der Waals surface area contributed by atoms with Crippen molar-refractivity contribution in [2.24, 2.45) is 0 Å². The van der Waals surface area contributed by atoms with Gasteiger partial charge in [-0.25, -0.2) is 13.9 Å². The van der Waals surface area contributed by atoms with Crippen LogP contribution < -0.4 is 15.6 Å². The van der Waals surface area contributed by atoms with E-state index in [2.05, 4.69) is 10.3 Å². The first-order valence-corrected chi connectivity index (χ1v) is 8.83. The fraction of sp³-hybridized carbons (Fsp3) is 0.0476. The Kier molecular flexibility index (Phi) is 4.71.